The first-order valence-electron chi connectivity index (χ1n) is 8.77. The van der Waals surface area contributed by atoms with Gasteiger partial charge < -0.3 is 15.1 Å². The minimum Gasteiger partial charge on any atom is -0.443 e. The van der Waals surface area contributed by atoms with Gasteiger partial charge in [0.1, 0.15) is 0 Å². The molecule has 134 valence electrons. The Morgan fingerprint density at radius 2 is 2.38 bits per heavy atom. The summed E-state index contributed by atoms with van der Waals surface area (Å²) >= 11 is 0. The first-order chi connectivity index (χ1) is 12.7. The SMILES string of the molecule is Cc1cccc(-c2ocnc2C(=O)Nc2cnn(CC3CCCN3)c2)c1. The normalized spacial score (nSPS) is 16.7. The summed E-state index contributed by atoms with van der Waals surface area (Å²) < 4.78 is 7.31. The van der Waals surface area contributed by atoms with E-state index in [0.717, 1.165) is 30.6 Å². The van der Waals surface area contributed by atoms with Crippen LogP contribution < -0.4 is 10.6 Å². The van der Waals surface area contributed by atoms with Gasteiger partial charge in [-0.05, 0) is 32.4 Å². The predicted molar refractivity (Wildman–Crippen MR) is 97.9 cm³/mol. The lowest BCUT2D eigenvalue weighted by atomic mass is 10.1. The average molecular weight is 351 g/mol. The van der Waals surface area contributed by atoms with E-state index in [1.54, 1.807) is 6.20 Å². The molecule has 1 aliphatic heterocycles. The van der Waals surface area contributed by atoms with Crippen molar-refractivity contribution in [3.63, 3.8) is 0 Å². The summed E-state index contributed by atoms with van der Waals surface area (Å²) in [4.78, 5) is 16.7. The fraction of sp³-hybridized carbons (Fsp3) is 0.316. The monoisotopic (exact) mass is 351 g/mol. The molecule has 26 heavy (non-hydrogen) atoms. The number of benzene rings is 1. The average Bonchev–Trinajstić information content (AvgIpc) is 3.36. The Morgan fingerprint density at radius 3 is 3.19 bits per heavy atom. The molecule has 1 saturated heterocycles. The zero-order valence-corrected chi connectivity index (χ0v) is 14.6. The number of nitrogens with one attached hydrogen (secondary N) is 2. The Hall–Kier alpha value is -2.93. The fourth-order valence-corrected chi connectivity index (χ4v) is 3.26. The number of aryl methyl sites for hydroxylation is 1. The number of rotatable bonds is 5. The van der Waals surface area contributed by atoms with Crippen molar-refractivity contribution in [1.29, 1.82) is 0 Å². The maximum absolute atomic E-state index is 12.6. The van der Waals surface area contributed by atoms with E-state index in [2.05, 4.69) is 20.7 Å². The van der Waals surface area contributed by atoms with E-state index in [-0.39, 0.29) is 11.6 Å². The van der Waals surface area contributed by atoms with E-state index < -0.39 is 0 Å². The second kappa shape index (κ2) is 7.13. The van der Waals surface area contributed by atoms with Gasteiger partial charge in [-0.25, -0.2) is 4.98 Å². The third-order valence-corrected chi connectivity index (χ3v) is 4.52. The first kappa shape index (κ1) is 16.5. The van der Waals surface area contributed by atoms with Crippen LogP contribution in [0.15, 0.2) is 47.5 Å². The molecule has 0 radical (unpaired) electrons. The number of hydrogen-bond acceptors (Lipinski definition) is 5. The van der Waals surface area contributed by atoms with Gasteiger partial charge in [-0.15, -0.1) is 0 Å². The molecule has 7 nitrogen and oxygen atoms in total. The van der Waals surface area contributed by atoms with E-state index in [4.69, 9.17) is 4.42 Å². The van der Waals surface area contributed by atoms with Gasteiger partial charge in [-0.3, -0.25) is 9.48 Å². The molecule has 1 fully saturated rings. The van der Waals surface area contributed by atoms with Gasteiger partial charge >= 0.3 is 0 Å². The lowest BCUT2D eigenvalue weighted by molar-refractivity contribution is 0.102. The molecule has 3 aromatic rings. The molecule has 1 atom stereocenters. The number of carbonyl (C=O) groups excluding carboxylic acids is 1. The van der Waals surface area contributed by atoms with Gasteiger partial charge in [0.05, 0.1) is 18.4 Å². The largest absolute Gasteiger partial charge is 0.443 e. The number of oxazole rings is 1. The van der Waals surface area contributed by atoms with E-state index in [0.29, 0.717) is 17.5 Å². The molecule has 1 aliphatic rings. The van der Waals surface area contributed by atoms with Gasteiger partial charge in [0, 0.05) is 17.8 Å². The molecule has 0 bridgehead atoms. The Balaban J connectivity index is 1.47. The molecule has 1 unspecified atom stereocenters. The van der Waals surface area contributed by atoms with Crippen LogP contribution >= 0.6 is 0 Å². The van der Waals surface area contributed by atoms with Crippen LogP contribution in [0.1, 0.15) is 28.9 Å². The van der Waals surface area contributed by atoms with Crippen LogP contribution in [-0.4, -0.2) is 33.3 Å². The molecule has 4 rings (SSSR count). The lowest BCUT2D eigenvalue weighted by Crippen LogP contribution is -2.26. The van der Waals surface area contributed by atoms with Crippen LogP contribution in [0.5, 0.6) is 0 Å². The third kappa shape index (κ3) is 3.52. The summed E-state index contributed by atoms with van der Waals surface area (Å²) in [6.45, 7) is 3.85. The topological polar surface area (TPSA) is 85.0 Å². The molecule has 1 amide bonds. The summed E-state index contributed by atoms with van der Waals surface area (Å²) in [5.41, 5.74) is 2.83. The van der Waals surface area contributed by atoms with Crippen LogP contribution in [-0.2, 0) is 6.54 Å². The van der Waals surface area contributed by atoms with Crippen LogP contribution in [0.25, 0.3) is 11.3 Å². The Labute approximate surface area is 151 Å². The van der Waals surface area contributed by atoms with Crippen molar-refractivity contribution >= 4 is 11.6 Å². The van der Waals surface area contributed by atoms with Crippen molar-refractivity contribution in [3.8, 4) is 11.3 Å². The van der Waals surface area contributed by atoms with Crippen LogP contribution in [0.2, 0.25) is 0 Å². The fourth-order valence-electron chi connectivity index (χ4n) is 3.26. The molecule has 1 aromatic carbocycles. The predicted octanol–water partition coefficient (Wildman–Crippen LogP) is 2.85. The Kier molecular flexibility index (Phi) is 4.53. The van der Waals surface area contributed by atoms with Gasteiger partial charge in [0.15, 0.2) is 17.8 Å². The highest BCUT2D eigenvalue weighted by Crippen LogP contribution is 2.24. The first-order valence-corrected chi connectivity index (χ1v) is 8.77. The number of aromatic nitrogens is 3. The smallest absolute Gasteiger partial charge is 0.278 e. The van der Waals surface area contributed by atoms with E-state index in [1.807, 2.05) is 42.1 Å². The van der Waals surface area contributed by atoms with Crippen molar-refractivity contribution < 1.29 is 9.21 Å². The molecule has 2 aromatic heterocycles. The quantitative estimate of drug-likeness (QED) is 0.738. The van der Waals surface area contributed by atoms with Crippen molar-refractivity contribution in [2.45, 2.75) is 32.4 Å². The molecule has 0 saturated carbocycles. The van der Waals surface area contributed by atoms with E-state index in [1.165, 1.54) is 12.8 Å². The minimum atomic E-state index is -0.311. The van der Waals surface area contributed by atoms with Crippen molar-refractivity contribution in [3.05, 3.63) is 54.3 Å². The Bertz CT molecular complexity index is 908. The highest BCUT2D eigenvalue weighted by molar-refractivity contribution is 6.06. The standard InChI is InChI=1S/C19H21N5O2/c1-13-4-2-5-14(8-13)18-17(21-12-26-18)19(25)23-16-9-22-24(11-16)10-15-6-3-7-20-15/h2,4-5,8-9,11-12,15,20H,3,6-7,10H2,1H3,(H,23,25). The van der Waals surface area contributed by atoms with Gasteiger partial charge in [0.2, 0.25) is 0 Å². The van der Waals surface area contributed by atoms with Gasteiger partial charge in [-0.2, -0.15) is 5.10 Å². The third-order valence-electron chi connectivity index (χ3n) is 4.52. The van der Waals surface area contributed by atoms with Gasteiger partial charge in [-0.1, -0.05) is 23.8 Å². The maximum Gasteiger partial charge on any atom is 0.278 e. The summed E-state index contributed by atoms with van der Waals surface area (Å²) in [6.07, 6.45) is 7.13. The number of anilines is 1. The number of nitrogens with zero attached hydrogens (tertiary/aromatic N) is 3. The zero-order chi connectivity index (χ0) is 17.9. The van der Waals surface area contributed by atoms with Gasteiger partial charge in [0.25, 0.3) is 5.91 Å². The summed E-state index contributed by atoms with van der Waals surface area (Å²) in [7, 11) is 0. The highest BCUT2D eigenvalue weighted by Gasteiger charge is 2.20. The van der Waals surface area contributed by atoms with Crippen LogP contribution in [0.3, 0.4) is 0 Å². The van der Waals surface area contributed by atoms with Crippen molar-refractivity contribution in [1.82, 2.24) is 20.1 Å². The molecule has 2 N–H and O–H groups in total. The Morgan fingerprint density at radius 1 is 1.46 bits per heavy atom. The lowest BCUT2D eigenvalue weighted by Gasteiger charge is -2.09. The highest BCUT2D eigenvalue weighted by atomic mass is 16.3. The minimum absolute atomic E-state index is 0.265. The van der Waals surface area contributed by atoms with Crippen molar-refractivity contribution in [2.24, 2.45) is 0 Å². The summed E-state index contributed by atoms with van der Waals surface area (Å²) in [5.74, 6) is 0.155. The second-order valence-corrected chi connectivity index (χ2v) is 6.60. The summed E-state index contributed by atoms with van der Waals surface area (Å²) in [5, 5.41) is 10.6. The number of hydrogen-bond donors (Lipinski definition) is 2. The zero-order valence-electron chi connectivity index (χ0n) is 14.6. The molecular formula is C19H21N5O2. The maximum atomic E-state index is 12.6. The number of amides is 1. The second-order valence-electron chi connectivity index (χ2n) is 6.60. The molecule has 0 aliphatic carbocycles. The van der Waals surface area contributed by atoms with Crippen LogP contribution in [0.4, 0.5) is 5.69 Å². The van der Waals surface area contributed by atoms with Crippen molar-refractivity contribution in [2.75, 3.05) is 11.9 Å². The molecule has 7 heteroatoms. The summed E-state index contributed by atoms with van der Waals surface area (Å²) in [6, 6.07) is 8.23. The van der Waals surface area contributed by atoms with E-state index >= 15 is 0 Å². The molecular weight excluding hydrogens is 330 g/mol. The molecule has 0 spiro atoms. The van der Waals surface area contributed by atoms with Crippen LogP contribution in [0, 0.1) is 6.92 Å². The number of carbonyl (C=O) groups is 1. The van der Waals surface area contributed by atoms with E-state index in [9.17, 15) is 4.79 Å². The molecule has 3 heterocycles.